The Morgan fingerprint density at radius 1 is 1.21 bits per heavy atom. The molecule has 0 unspecified atom stereocenters. The maximum Gasteiger partial charge on any atom is 0.199 e. The molecule has 0 fully saturated rings. The van der Waals surface area contributed by atoms with E-state index in [1.165, 1.54) is 0 Å². The highest BCUT2D eigenvalue weighted by Gasteiger charge is 2.08. The van der Waals surface area contributed by atoms with Crippen molar-refractivity contribution < 1.29 is 9.84 Å². The van der Waals surface area contributed by atoms with Crippen LogP contribution in [0.3, 0.4) is 0 Å². The van der Waals surface area contributed by atoms with Gasteiger partial charge < -0.3 is 9.84 Å². The Labute approximate surface area is 110 Å². The molecule has 2 heterocycles. The molecule has 2 aromatic heterocycles. The van der Waals surface area contributed by atoms with Crippen LogP contribution >= 0.6 is 0 Å². The Kier molecular flexibility index (Phi) is 2.83. The van der Waals surface area contributed by atoms with Crippen LogP contribution in [-0.2, 0) is 6.42 Å². The highest BCUT2D eigenvalue weighted by molar-refractivity contribution is 5.49. The Morgan fingerprint density at radius 2 is 2.05 bits per heavy atom. The summed E-state index contributed by atoms with van der Waals surface area (Å²) in [6.45, 7) is 0. The van der Waals surface area contributed by atoms with Crippen LogP contribution in [0.25, 0.3) is 5.52 Å². The van der Waals surface area contributed by atoms with E-state index in [-0.39, 0.29) is 5.75 Å². The van der Waals surface area contributed by atoms with Gasteiger partial charge in [-0.2, -0.15) is 0 Å². The van der Waals surface area contributed by atoms with Crippen molar-refractivity contribution in [3.8, 4) is 11.6 Å². The van der Waals surface area contributed by atoms with Gasteiger partial charge in [0.15, 0.2) is 5.88 Å². The number of pyridine rings is 1. The molecule has 19 heavy (non-hydrogen) atoms. The lowest BCUT2D eigenvalue weighted by Crippen LogP contribution is -2.00. The second-order valence-corrected chi connectivity index (χ2v) is 4.35. The first-order valence-corrected chi connectivity index (χ1v) is 6.05. The van der Waals surface area contributed by atoms with Crippen LogP contribution in [0, 0.1) is 0 Å². The minimum Gasteiger partial charge on any atom is -0.508 e. The van der Waals surface area contributed by atoms with Gasteiger partial charge in [0.05, 0.1) is 18.8 Å². The molecule has 0 aliphatic rings. The lowest BCUT2D eigenvalue weighted by molar-refractivity contribution is 0.390. The third-order valence-corrected chi connectivity index (χ3v) is 3.07. The molecule has 3 aromatic rings. The first-order chi connectivity index (χ1) is 9.28. The van der Waals surface area contributed by atoms with Gasteiger partial charge in [-0.3, -0.25) is 4.40 Å². The molecule has 1 N–H and O–H groups in total. The van der Waals surface area contributed by atoms with Crippen molar-refractivity contribution in [1.82, 2.24) is 9.38 Å². The number of methoxy groups -OCH3 is 1. The summed E-state index contributed by atoms with van der Waals surface area (Å²) in [5.74, 6) is 1.91. The number of rotatable bonds is 3. The number of fused-ring (bicyclic) bond motifs is 1. The Hall–Kier alpha value is -2.49. The summed E-state index contributed by atoms with van der Waals surface area (Å²) in [6, 6.07) is 13.0. The maximum atomic E-state index is 9.50. The highest BCUT2D eigenvalue weighted by atomic mass is 16.5. The van der Waals surface area contributed by atoms with Crippen molar-refractivity contribution in [2.24, 2.45) is 0 Å². The third kappa shape index (κ3) is 2.12. The zero-order valence-corrected chi connectivity index (χ0v) is 10.6. The average molecular weight is 254 g/mol. The lowest BCUT2D eigenvalue weighted by Gasteiger charge is -2.07. The fourth-order valence-corrected chi connectivity index (χ4v) is 2.21. The normalized spacial score (nSPS) is 10.8. The van der Waals surface area contributed by atoms with E-state index in [9.17, 15) is 5.11 Å². The topological polar surface area (TPSA) is 46.8 Å². The number of aromatic nitrogens is 2. The number of phenolic OH excluding ortho intramolecular Hbond substituents is 1. The number of ether oxygens (including phenoxy) is 1. The van der Waals surface area contributed by atoms with Crippen molar-refractivity contribution in [3.05, 3.63) is 60.0 Å². The van der Waals surface area contributed by atoms with E-state index in [0.29, 0.717) is 6.42 Å². The zero-order chi connectivity index (χ0) is 13.2. The molecular weight excluding hydrogens is 240 g/mol. The van der Waals surface area contributed by atoms with Crippen molar-refractivity contribution in [2.45, 2.75) is 6.42 Å². The monoisotopic (exact) mass is 254 g/mol. The van der Waals surface area contributed by atoms with E-state index in [2.05, 4.69) is 4.98 Å². The van der Waals surface area contributed by atoms with Crippen LogP contribution in [0.1, 0.15) is 11.4 Å². The van der Waals surface area contributed by atoms with Gasteiger partial charge in [-0.05, 0) is 29.8 Å². The molecular formula is C15H14N2O2. The molecule has 0 amide bonds. The fourth-order valence-electron chi connectivity index (χ4n) is 2.21. The SMILES string of the molecule is COc1cccc2cnc(Cc3cccc(O)c3)n12. The van der Waals surface area contributed by atoms with Gasteiger partial charge in [0, 0.05) is 6.42 Å². The quantitative estimate of drug-likeness (QED) is 0.781. The first-order valence-electron chi connectivity index (χ1n) is 6.05. The van der Waals surface area contributed by atoms with Gasteiger partial charge >= 0.3 is 0 Å². The molecule has 4 nitrogen and oxygen atoms in total. The third-order valence-electron chi connectivity index (χ3n) is 3.07. The number of phenols is 1. The van der Waals surface area contributed by atoms with Crippen LogP contribution in [0.15, 0.2) is 48.7 Å². The molecule has 4 heteroatoms. The molecule has 0 bridgehead atoms. The van der Waals surface area contributed by atoms with E-state index in [1.807, 2.05) is 40.9 Å². The largest absolute Gasteiger partial charge is 0.508 e. The molecule has 0 saturated heterocycles. The van der Waals surface area contributed by atoms with Crippen LogP contribution < -0.4 is 4.74 Å². The van der Waals surface area contributed by atoms with Gasteiger partial charge in [0.2, 0.25) is 0 Å². The summed E-state index contributed by atoms with van der Waals surface area (Å²) in [5, 5.41) is 9.50. The second-order valence-electron chi connectivity index (χ2n) is 4.35. The molecule has 96 valence electrons. The fraction of sp³-hybridized carbons (Fsp3) is 0.133. The van der Waals surface area contributed by atoms with E-state index in [0.717, 1.165) is 22.8 Å². The van der Waals surface area contributed by atoms with Gasteiger partial charge in [-0.25, -0.2) is 4.98 Å². The summed E-state index contributed by atoms with van der Waals surface area (Å²) in [4.78, 5) is 4.43. The lowest BCUT2D eigenvalue weighted by atomic mass is 10.1. The molecule has 0 saturated carbocycles. The van der Waals surface area contributed by atoms with Crippen molar-refractivity contribution in [2.75, 3.05) is 7.11 Å². The van der Waals surface area contributed by atoms with Crippen molar-refractivity contribution >= 4 is 5.52 Å². The number of imidazole rings is 1. The Bertz CT molecular complexity index is 719. The average Bonchev–Trinajstić information content (AvgIpc) is 2.82. The van der Waals surface area contributed by atoms with Crippen molar-refractivity contribution in [1.29, 1.82) is 0 Å². The van der Waals surface area contributed by atoms with E-state index in [4.69, 9.17) is 4.74 Å². The van der Waals surface area contributed by atoms with Gasteiger partial charge in [0.1, 0.15) is 11.6 Å². The van der Waals surface area contributed by atoms with Crippen LogP contribution in [0.2, 0.25) is 0 Å². The summed E-state index contributed by atoms with van der Waals surface area (Å²) >= 11 is 0. The van der Waals surface area contributed by atoms with Crippen molar-refractivity contribution in [3.63, 3.8) is 0 Å². The smallest absolute Gasteiger partial charge is 0.199 e. The van der Waals surface area contributed by atoms with Gasteiger partial charge in [-0.15, -0.1) is 0 Å². The number of hydrogen-bond acceptors (Lipinski definition) is 3. The molecule has 3 rings (SSSR count). The molecule has 0 aliphatic carbocycles. The predicted molar refractivity (Wildman–Crippen MR) is 72.7 cm³/mol. The summed E-state index contributed by atoms with van der Waals surface area (Å²) < 4.78 is 7.34. The minimum atomic E-state index is 0.269. The number of aromatic hydroxyl groups is 1. The predicted octanol–water partition coefficient (Wildman–Crippen LogP) is 2.64. The second kappa shape index (κ2) is 4.65. The zero-order valence-electron chi connectivity index (χ0n) is 10.6. The van der Waals surface area contributed by atoms with Gasteiger partial charge in [0.25, 0.3) is 0 Å². The molecule has 1 aromatic carbocycles. The summed E-state index contributed by atoms with van der Waals surface area (Å²) in [7, 11) is 1.65. The molecule has 0 aliphatic heterocycles. The standard InChI is InChI=1S/C15H14N2O2/c1-19-15-7-3-5-12-10-16-14(17(12)15)9-11-4-2-6-13(18)8-11/h2-8,10,18H,9H2,1H3. The summed E-state index contributed by atoms with van der Waals surface area (Å²) in [6.07, 6.45) is 2.46. The van der Waals surface area contributed by atoms with E-state index >= 15 is 0 Å². The molecule has 0 radical (unpaired) electrons. The van der Waals surface area contributed by atoms with Crippen LogP contribution in [0.4, 0.5) is 0 Å². The molecule has 0 atom stereocenters. The Balaban J connectivity index is 2.06. The number of nitrogens with zero attached hydrogens (tertiary/aromatic N) is 2. The maximum absolute atomic E-state index is 9.50. The first kappa shape index (κ1) is 11.6. The molecule has 0 spiro atoms. The van der Waals surface area contributed by atoms with E-state index in [1.54, 1.807) is 19.2 Å². The number of hydrogen-bond donors (Lipinski definition) is 1. The van der Waals surface area contributed by atoms with Crippen LogP contribution in [-0.4, -0.2) is 21.6 Å². The minimum absolute atomic E-state index is 0.269. The summed E-state index contributed by atoms with van der Waals surface area (Å²) in [5.41, 5.74) is 2.01. The highest BCUT2D eigenvalue weighted by Crippen LogP contribution is 2.20. The van der Waals surface area contributed by atoms with E-state index < -0.39 is 0 Å². The number of benzene rings is 1. The van der Waals surface area contributed by atoms with Gasteiger partial charge in [-0.1, -0.05) is 18.2 Å². The Morgan fingerprint density at radius 3 is 2.84 bits per heavy atom. The van der Waals surface area contributed by atoms with Crippen LogP contribution in [0.5, 0.6) is 11.6 Å².